The van der Waals surface area contributed by atoms with Gasteiger partial charge in [-0.05, 0) is 12.6 Å². The van der Waals surface area contributed by atoms with Gasteiger partial charge >= 0.3 is 0 Å². The second-order valence-electron chi connectivity index (χ2n) is 6.89. The van der Waals surface area contributed by atoms with Crippen LogP contribution in [0.5, 0.6) is 0 Å². The number of benzene rings is 1. The molecule has 0 bridgehead atoms. The van der Waals surface area contributed by atoms with Crippen LogP contribution < -0.4 is 5.56 Å². The molecule has 4 rings (SSSR count). The Morgan fingerprint density at radius 3 is 2.63 bits per heavy atom. The number of hydrogen-bond donors (Lipinski definition) is 1. The number of piperazine rings is 1. The van der Waals surface area contributed by atoms with Gasteiger partial charge in [-0.1, -0.05) is 30.3 Å². The minimum absolute atomic E-state index is 0.0742. The highest BCUT2D eigenvalue weighted by Crippen LogP contribution is 2.23. The van der Waals surface area contributed by atoms with Crippen LogP contribution in [0, 0.1) is 0 Å². The number of aliphatic hydroxyl groups excluding tert-OH is 1. The lowest BCUT2D eigenvalue weighted by molar-refractivity contribution is 0.0683. The third-order valence-corrected chi connectivity index (χ3v) is 5.84. The predicted molar refractivity (Wildman–Crippen MR) is 106 cm³/mol. The Labute approximate surface area is 161 Å². The summed E-state index contributed by atoms with van der Waals surface area (Å²) in [5, 5.41) is 10.2. The predicted octanol–water partition coefficient (Wildman–Crippen LogP) is 1.18. The van der Waals surface area contributed by atoms with Crippen LogP contribution in [-0.2, 0) is 6.54 Å². The zero-order valence-corrected chi connectivity index (χ0v) is 16.1. The Balaban J connectivity index is 1.79. The van der Waals surface area contributed by atoms with Gasteiger partial charge in [-0.15, -0.1) is 11.3 Å². The number of hydrogen-bond acceptors (Lipinski definition) is 7. The molecule has 0 amide bonds. The SMILES string of the molecule is CN1CCN(C(CO)c2nc3scnc3c(=O)n2Cc2ccccc2)CC1. The number of rotatable bonds is 5. The number of fused-ring (bicyclic) bond motifs is 1. The average Bonchev–Trinajstić information content (AvgIpc) is 3.16. The van der Waals surface area contributed by atoms with Crippen molar-refractivity contribution in [1.29, 1.82) is 0 Å². The summed E-state index contributed by atoms with van der Waals surface area (Å²) in [6, 6.07) is 9.55. The van der Waals surface area contributed by atoms with Gasteiger partial charge in [-0.3, -0.25) is 14.3 Å². The molecule has 2 aromatic heterocycles. The smallest absolute Gasteiger partial charge is 0.281 e. The van der Waals surface area contributed by atoms with Gasteiger partial charge < -0.3 is 10.0 Å². The molecule has 1 saturated heterocycles. The fourth-order valence-electron chi connectivity index (χ4n) is 3.53. The molecule has 8 heteroatoms. The first-order valence-corrected chi connectivity index (χ1v) is 9.96. The van der Waals surface area contributed by atoms with Crippen LogP contribution >= 0.6 is 11.3 Å². The molecular weight excluding hydrogens is 362 g/mol. The van der Waals surface area contributed by atoms with Crippen molar-refractivity contribution in [3.05, 3.63) is 57.6 Å². The highest BCUT2D eigenvalue weighted by molar-refractivity contribution is 7.16. The fraction of sp³-hybridized carbons (Fsp3) is 0.421. The minimum atomic E-state index is -0.304. The van der Waals surface area contributed by atoms with Crippen molar-refractivity contribution >= 4 is 21.7 Å². The Kier molecular flexibility index (Phi) is 5.31. The second-order valence-corrected chi connectivity index (χ2v) is 7.72. The van der Waals surface area contributed by atoms with Crippen LogP contribution in [-0.4, -0.2) is 69.3 Å². The summed E-state index contributed by atoms with van der Waals surface area (Å²) < 4.78 is 1.68. The number of nitrogens with zero attached hydrogens (tertiary/aromatic N) is 5. The molecule has 1 N–H and O–H groups in total. The summed E-state index contributed by atoms with van der Waals surface area (Å²) in [5.74, 6) is 0.618. The maximum atomic E-state index is 13.1. The van der Waals surface area contributed by atoms with E-state index in [-0.39, 0.29) is 18.2 Å². The maximum absolute atomic E-state index is 13.1. The first kappa shape index (κ1) is 18.2. The molecule has 1 unspecified atom stereocenters. The maximum Gasteiger partial charge on any atom is 0.281 e. The van der Waals surface area contributed by atoms with Crippen molar-refractivity contribution in [3.8, 4) is 0 Å². The largest absolute Gasteiger partial charge is 0.394 e. The summed E-state index contributed by atoms with van der Waals surface area (Å²) in [5.41, 5.74) is 2.93. The quantitative estimate of drug-likeness (QED) is 0.711. The molecular formula is C19H23N5O2S. The molecule has 0 radical (unpaired) electrons. The van der Waals surface area contributed by atoms with Crippen LogP contribution in [0.4, 0.5) is 0 Å². The molecule has 0 aliphatic carbocycles. The Morgan fingerprint density at radius 1 is 1.19 bits per heavy atom. The number of likely N-dealkylation sites (N-methyl/N-ethyl adjacent to an activating group) is 1. The van der Waals surface area contributed by atoms with E-state index in [9.17, 15) is 9.90 Å². The summed E-state index contributed by atoms with van der Waals surface area (Å²) in [4.78, 5) is 27.2. The van der Waals surface area contributed by atoms with E-state index in [4.69, 9.17) is 4.98 Å². The van der Waals surface area contributed by atoms with Crippen LogP contribution in [0.25, 0.3) is 10.3 Å². The summed E-state index contributed by atoms with van der Waals surface area (Å²) in [6.07, 6.45) is 0. The lowest BCUT2D eigenvalue weighted by Gasteiger charge is -2.37. The zero-order chi connectivity index (χ0) is 18.8. The second kappa shape index (κ2) is 7.85. The van der Waals surface area contributed by atoms with Crippen LogP contribution in [0.2, 0.25) is 0 Å². The van der Waals surface area contributed by atoms with Gasteiger partial charge in [0.15, 0.2) is 10.3 Å². The van der Waals surface area contributed by atoms with Gasteiger partial charge in [0.05, 0.1) is 24.7 Å². The lowest BCUT2D eigenvalue weighted by atomic mass is 10.1. The van der Waals surface area contributed by atoms with Crippen LogP contribution in [0.1, 0.15) is 17.4 Å². The molecule has 1 aliphatic rings. The lowest BCUT2D eigenvalue weighted by Crippen LogP contribution is -2.48. The average molecular weight is 385 g/mol. The molecule has 1 atom stereocenters. The Morgan fingerprint density at radius 2 is 1.93 bits per heavy atom. The summed E-state index contributed by atoms with van der Waals surface area (Å²) in [7, 11) is 2.10. The summed E-state index contributed by atoms with van der Waals surface area (Å²) >= 11 is 1.36. The molecule has 27 heavy (non-hydrogen) atoms. The standard InChI is InChI=1S/C19H23N5O2S/c1-22-7-9-23(10-8-22)15(12-25)17-21-18-16(20-13-27-18)19(26)24(17)11-14-5-3-2-4-6-14/h2-6,13,15,25H,7-12H2,1H3. The van der Waals surface area contributed by atoms with Gasteiger partial charge in [0.25, 0.3) is 5.56 Å². The van der Waals surface area contributed by atoms with E-state index in [0.29, 0.717) is 22.7 Å². The van der Waals surface area contributed by atoms with E-state index >= 15 is 0 Å². The van der Waals surface area contributed by atoms with Crippen molar-refractivity contribution in [3.63, 3.8) is 0 Å². The van der Waals surface area contributed by atoms with Gasteiger partial charge in [0.1, 0.15) is 5.82 Å². The Hall–Kier alpha value is -2.13. The van der Waals surface area contributed by atoms with Crippen molar-refractivity contribution in [2.24, 2.45) is 0 Å². The minimum Gasteiger partial charge on any atom is -0.394 e. The van der Waals surface area contributed by atoms with E-state index in [1.165, 1.54) is 11.3 Å². The molecule has 3 aromatic rings. The molecule has 1 aromatic carbocycles. The topological polar surface area (TPSA) is 74.5 Å². The fourth-order valence-corrected chi connectivity index (χ4v) is 4.19. The molecule has 1 aliphatic heterocycles. The van der Waals surface area contributed by atoms with Crippen LogP contribution in [0.3, 0.4) is 0 Å². The molecule has 1 fully saturated rings. The van der Waals surface area contributed by atoms with Gasteiger partial charge in [-0.25, -0.2) is 9.97 Å². The van der Waals surface area contributed by atoms with E-state index < -0.39 is 0 Å². The third kappa shape index (κ3) is 3.66. The van der Waals surface area contributed by atoms with Crippen molar-refractivity contribution in [2.75, 3.05) is 39.8 Å². The number of aromatic nitrogens is 3. The number of thiazole rings is 1. The van der Waals surface area contributed by atoms with Gasteiger partial charge in [-0.2, -0.15) is 0 Å². The van der Waals surface area contributed by atoms with Gasteiger partial charge in [0.2, 0.25) is 0 Å². The van der Waals surface area contributed by atoms with E-state index in [1.54, 1.807) is 10.1 Å². The van der Waals surface area contributed by atoms with Crippen molar-refractivity contribution in [2.45, 2.75) is 12.6 Å². The molecule has 0 spiro atoms. The summed E-state index contributed by atoms with van der Waals surface area (Å²) in [6.45, 7) is 3.88. The molecule has 142 valence electrons. The molecule has 3 heterocycles. The third-order valence-electron chi connectivity index (χ3n) is 5.12. The first-order chi connectivity index (χ1) is 13.2. The highest BCUT2D eigenvalue weighted by atomic mass is 32.1. The van der Waals surface area contributed by atoms with Crippen molar-refractivity contribution < 1.29 is 5.11 Å². The van der Waals surface area contributed by atoms with Crippen molar-refractivity contribution in [1.82, 2.24) is 24.3 Å². The van der Waals surface area contributed by atoms with E-state index in [0.717, 1.165) is 31.7 Å². The highest BCUT2D eigenvalue weighted by Gasteiger charge is 2.28. The molecule has 0 saturated carbocycles. The Bertz CT molecular complexity index is 963. The van der Waals surface area contributed by atoms with Gasteiger partial charge in [0, 0.05) is 26.2 Å². The zero-order valence-electron chi connectivity index (χ0n) is 15.3. The molecule has 7 nitrogen and oxygen atoms in total. The van der Waals surface area contributed by atoms with E-state index in [1.807, 2.05) is 30.3 Å². The normalized spacial score (nSPS) is 17.4. The first-order valence-electron chi connectivity index (χ1n) is 9.08. The monoisotopic (exact) mass is 385 g/mol. The van der Waals surface area contributed by atoms with Crippen LogP contribution in [0.15, 0.2) is 40.6 Å². The van der Waals surface area contributed by atoms with E-state index in [2.05, 4.69) is 21.8 Å². The number of aliphatic hydroxyl groups is 1.